The second-order valence-electron chi connectivity index (χ2n) is 4.24. The Morgan fingerprint density at radius 2 is 2.00 bits per heavy atom. The van der Waals surface area contributed by atoms with E-state index < -0.39 is 9.84 Å². The molecule has 0 N–H and O–H groups in total. The molecule has 0 bridgehead atoms. The monoisotopic (exact) mass is 299 g/mol. The van der Waals surface area contributed by atoms with Crippen LogP contribution in [-0.4, -0.2) is 32.9 Å². The van der Waals surface area contributed by atoms with Gasteiger partial charge in [0.05, 0.1) is 23.8 Å². The molecule has 0 fully saturated rings. The SMILES string of the molecule is COCCS(=O)(=O)Cc1coc(-c2ccc(F)cc2)n1. The summed E-state index contributed by atoms with van der Waals surface area (Å²) in [6.45, 7) is 0.144. The molecular weight excluding hydrogens is 285 g/mol. The van der Waals surface area contributed by atoms with Gasteiger partial charge in [-0.1, -0.05) is 0 Å². The van der Waals surface area contributed by atoms with Gasteiger partial charge in [-0.2, -0.15) is 0 Å². The van der Waals surface area contributed by atoms with Gasteiger partial charge in [0.2, 0.25) is 5.89 Å². The highest BCUT2D eigenvalue weighted by Crippen LogP contribution is 2.19. The summed E-state index contributed by atoms with van der Waals surface area (Å²) in [6.07, 6.45) is 1.29. The van der Waals surface area contributed by atoms with Gasteiger partial charge in [0.15, 0.2) is 9.84 Å². The zero-order valence-electron chi connectivity index (χ0n) is 10.9. The van der Waals surface area contributed by atoms with E-state index >= 15 is 0 Å². The summed E-state index contributed by atoms with van der Waals surface area (Å²) in [6, 6.07) is 5.61. The van der Waals surface area contributed by atoms with Crippen molar-refractivity contribution in [1.82, 2.24) is 4.98 Å². The highest BCUT2D eigenvalue weighted by Gasteiger charge is 2.15. The van der Waals surface area contributed by atoms with Gasteiger partial charge < -0.3 is 9.15 Å². The summed E-state index contributed by atoms with van der Waals surface area (Å²) in [5, 5.41) is 0. The molecule has 1 aromatic carbocycles. The van der Waals surface area contributed by atoms with E-state index in [1.807, 2.05) is 0 Å². The number of rotatable bonds is 6. The van der Waals surface area contributed by atoms with Gasteiger partial charge in [-0.3, -0.25) is 0 Å². The Morgan fingerprint density at radius 1 is 1.30 bits per heavy atom. The van der Waals surface area contributed by atoms with Crippen LogP contribution in [0.1, 0.15) is 5.69 Å². The lowest BCUT2D eigenvalue weighted by molar-refractivity contribution is 0.217. The normalized spacial score (nSPS) is 11.7. The number of methoxy groups -OCH3 is 1. The summed E-state index contributed by atoms with van der Waals surface area (Å²) in [5.74, 6) is -0.367. The maximum absolute atomic E-state index is 12.8. The quantitative estimate of drug-likeness (QED) is 0.816. The number of sulfone groups is 1. The average Bonchev–Trinajstić information content (AvgIpc) is 2.85. The minimum atomic E-state index is -3.28. The van der Waals surface area contributed by atoms with Gasteiger partial charge in [0, 0.05) is 12.7 Å². The van der Waals surface area contributed by atoms with Crippen molar-refractivity contribution in [3.8, 4) is 11.5 Å². The number of oxazole rings is 1. The predicted molar refractivity (Wildman–Crippen MR) is 71.3 cm³/mol. The summed E-state index contributed by atoms with van der Waals surface area (Å²) in [7, 11) is -1.84. The van der Waals surface area contributed by atoms with E-state index in [9.17, 15) is 12.8 Å². The summed E-state index contributed by atoms with van der Waals surface area (Å²) < 4.78 is 46.2. The molecule has 0 unspecified atom stereocenters. The summed E-state index contributed by atoms with van der Waals surface area (Å²) in [5.41, 5.74) is 0.910. The van der Waals surface area contributed by atoms with Crippen molar-refractivity contribution in [1.29, 1.82) is 0 Å². The number of nitrogens with zero attached hydrogens (tertiary/aromatic N) is 1. The topological polar surface area (TPSA) is 69.4 Å². The van der Waals surface area contributed by atoms with Crippen molar-refractivity contribution in [2.45, 2.75) is 5.75 Å². The lowest BCUT2D eigenvalue weighted by atomic mass is 10.2. The van der Waals surface area contributed by atoms with E-state index in [0.717, 1.165) is 0 Å². The molecule has 7 heteroatoms. The number of hydrogen-bond donors (Lipinski definition) is 0. The molecule has 1 heterocycles. The molecule has 20 heavy (non-hydrogen) atoms. The molecule has 0 saturated heterocycles. The Balaban J connectivity index is 2.11. The van der Waals surface area contributed by atoms with Crippen molar-refractivity contribution in [3.63, 3.8) is 0 Å². The number of halogens is 1. The molecule has 0 atom stereocenters. The van der Waals surface area contributed by atoms with Gasteiger partial charge in [-0.05, 0) is 24.3 Å². The van der Waals surface area contributed by atoms with E-state index in [2.05, 4.69) is 4.98 Å². The van der Waals surface area contributed by atoms with Crippen LogP contribution in [0.4, 0.5) is 4.39 Å². The third-order valence-electron chi connectivity index (χ3n) is 2.61. The van der Waals surface area contributed by atoms with Crippen molar-refractivity contribution in [2.24, 2.45) is 0 Å². The molecule has 2 aromatic rings. The van der Waals surface area contributed by atoms with Gasteiger partial charge in [-0.25, -0.2) is 17.8 Å². The Bertz CT molecular complexity index is 664. The lowest BCUT2D eigenvalue weighted by Gasteiger charge is -2.00. The zero-order valence-corrected chi connectivity index (χ0v) is 11.7. The number of ether oxygens (including phenoxy) is 1. The largest absolute Gasteiger partial charge is 0.444 e. The third-order valence-corrected chi connectivity index (χ3v) is 4.13. The number of aromatic nitrogens is 1. The second-order valence-corrected chi connectivity index (χ2v) is 6.42. The van der Waals surface area contributed by atoms with Crippen molar-refractivity contribution in [3.05, 3.63) is 42.0 Å². The van der Waals surface area contributed by atoms with Crippen LogP contribution < -0.4 is 0 Å². The first kappa shape index (κ1) is 14.7. The highest BCUT2D eigenvalue weighted by atomic mass is 32.2. The van der Waals surface area contributed by atoms with Gasteiger partial charge in [-0.15, -0.1) is 0 Å². The first-order valence-electron chi connectivity index (χ1n) is 5.90. The van der Waals surface area contributed by atoms with E-state index in [4.69, 9.17) is 9.15 Å². The molecule has 108 valence electrons. The molecule has 0 radical (unpaired) electrons. The van der Waals surface area contributed by atoms with Crippen molar-refractivity contribution >= 4 is 9.84 Å². The van der Waals surface area contributed by atoms with Gasteiger partial charge in [0.1, 0.15) is 12.1 Å². The van der Waals surface area contributed by atoms with Crippen LogP contribution in [0.25, 0.3) is 11.5 Å². The fourth-order valence-corrected chi connectivity index (χ4v) is 2.75. The Kier molecular flexibility index (Phi) is 4.51. The first-order valence-corrected chi connectivity index (χ1v) is 7.72. The Labute approximate surface area is 116 Å². The number of benzene rings is 1. The summed E-state index contributed by atoms with van der Waals surface area (Å²) >= 11 is 0. The Morgan fingerprint density at radius 3 is 2.65 bits per heavy atom. The fraction of sp³-hybridized carbons (Fsp3) is 0.308. The minimum absolute atomic E-state index is 0.0672. The van der Waals surface area contributed by atoms with E-state index in [1.165, 1.54) is 37.6 Å². The first-order chi connectivity index (χ1) is 9.50. The van der Waals surface area contributed by atoms with E-state index in [1.54, 1.807) is 0 Å². The van der Waals surface area contributed by atoms with Crippen molar-refractivity contribution in [2.75, 3.05) is 19.5 Å². The molecule has 0 aliphatic heterocycles. The smallest absolute Gasteiger partial charge is 0.226 e. The van der Waals surface area contributed by atoms with E-state index in [-0.39, 0.29) is 29.8 Å². The van der Waals surface area contributed by atoms with Crippen LogP contribution in [0.2, 0.25) is 0 Å². The van der Waals surface area contributed by atoms with Crippen LogP contribution in [0, 0.1) is 5.82 Å². The minimum Gasteiger partial charge on any atom is -0.444 e. The molecule has 0 amide bonds. The maximum atomic E-state index is 12.8. The number of hydrogen-bond acceptors (Lipinski definition) is 5. The molecule has 0 aliphatic carbocycles. The van der Waals surface area contributed by atoms with Crippen LogP contribution in [0.5, 0.6) is 0 Å². The second kappa shape index (κ2) is 6.15. The summed E-state index contributed by atoms with van der Waals surface area (Å²) in [4.78, 5) is 4.09. The maximum Gasteiger partial charge on any atom is 0.226 e. The lowest BCUT2D eigenvalue weighted by Crippen LogP contribution is -2.13. The van der Waals surface area contributed by atoms with Gasteiger partial charge in [0.25, 0.3) is 0 Å². The van der Waals surface area contributed by atoms with Crippen molar-refractivity contribution < 1.29 is 22.0 Å². The van der Waals surface area contributed by atoms with Crippen LogP contribution >= 0.6 is 0 Å². The fourth-order valence-electron chi connectivity index (χ4n) is 1.61. The molecule has 0 aliphatic rings. The molecule has 1 aromatic heterocycles. The standard InChI is InChI=1S/C13H14FNO4S/c1-18-6-7-20(16,17)9-12-8-19-13(15-12)10-2-4-11(14)5-3-10/h2-5,8H,6-7,9H2,1H3. The molecule has 5 nitrogen and oxygen atoms in total. The molecule has 0 saturated carbocycles. The molecular formula is C13H14FNO4S. The highest BCUT2D eigenvalue weighted by molar-refractivity contribution is 7.90. The van der Waals surface area contributed by atoms with E-state index in [0.29, 0.717) is 11.3 Å². The van der Waals surface area contributed by atoms with Gasteiger partial charge >= 0.3 is 0 Å². The van der Waals surface area contributed by atoms with Crippen LogP contribution in [0.15, 0.2) is 34.9 Å². The Hall–Kier alpha value is -1.73. The zero-order chi connectivity index (χ0) is 14.6. The average molecular weight is 299 g/mol. The van der Waals surface area contributed by atoms with Crippen LogP contribution in [0.3, 0.4) is 0 Å². The van der Waals surface area contributed by atoms with Crippen LogP contribution in [-0.2, 0) is 20.3 Å². The predicted octanol–water partition coefficient (Wildman–Crippen LogP) is 2.04. The molecule has 0 spiro atoms. The molecule has 2 rings (SSSR count). The third kappa shape index (κ3) is 3.88.